The fourth-order valence-electron chi connectivity index (χ4n) is 3.41. The van der Waals surface area contributed by atoms with E-state index in [1.165, 1.54) is 0 Å². The first-order valence-corrected chi connectivity index (χ1v) is 14.0. The van der Waals surface area contributed by atoms with Crippen LogP contribution in [0.5, 0.6) is 5.75 Å². The number of benzene rings is 2. The van der Waals surface area contributed by atoms with Gasteiger partial charge in [0.15, 0.2) is 5.58 Å². The Labute approximate surface area is 195 Å². The molecule has 0 amide bonds. The van der Waals surface area contributed by atoms with Crippen molar-refractivity contribution >= 4 is 47.4 Å². The summed E-state index contributed by atoms with van der Waals surface area (Å²) in [5.41, 5.74) is 1.92. The molecule has 0 atom stereocenters. The number of furan rings is 1. The van der Waals surface area contributed by atoms with Crippen LogP contribution in [0.3, 0.4) is 0 Å². The van der Waals surface area contributed by atoms with Gasteiger partial charge in [-0.2, -0.15) is 0 Å². The van der Waals surface area contributed by atoms with E-state index < -0.39 is 14.3 Å². The third kappa shape index (κ3) is 4.46. The van der Waals surface area contributed by atoms with Crippen LogP contribution in [0.2, 0.25) is 18.1 Å². The summed E-state index contributed by atoms with van der Waals surface area (Å²) < 4.78 is 17.5. The van der Waals surface area contributed by atoms with Crippen molar-refractivity contribution in [2.75, 3.05) is 11.9 Å². The first kappa shape index (κ1) is 22.9. The van der Waals surface area contributed by atoms with E-state index in [1.807, 2.05) is 36.4 Å². The molecule has 0 spiro atoms. The number of hydrogen-bond donors (Lipinski definition) is 1. The van der Waals surface area contributed by atoms with E-state index in [0.29, 0.717) is 11.3 Å². The number of anilines is 2. The number of carbonyl (C=O) groups is 1. The molecule has 0 bridgehead atoms. The molecule has 0 fully saturated rings. The van der Waals surface area contributed by atoms with Crippen molar-refractivity contribution in [1.29, 1.82) is 0 Å². The largest absolute Gasteiger partial charge is 0.543 e. The maximum Gasteiger partial charge on any atom is 0.376 e. The van der Waals surface area contributed by atoms with Crippen LogP contribution in [-0.2, 0) is 4.74 Å². The predicted molar refractivity (Wildman–Crippen MR) is 135 cm³/mol. The van der Waals surface area contributed by atoms with Gasteiger partial charge in [0, 0.05) is 22.7 Å². The minimum atomic E-state index is -1.97. The second kappa shape index (κ2) is 8.55. The molecule has 2 aromatic carbocycles. The fourth-order valence-corrected chi connectivity index (χ4v) is 4.44. The summed E-state index contributed by atoms with van der Waals surface area (Å²) in [6.07, 6.45) is 3.26. The third-order valence-corrected chi connectivity index (χ3v) is 10.6. The molecule has 1 N–H and O–H groups in total. The highest BCUT2D eigenvalue weighted by molar-refractivity contribution is 6.74. The molecule has 6 nitrogen and oxygen atoms in total. The van der Waals surface area contributed by atoms with E-state index in [1.54, 1.807) is 19.3 Å². The third-order valence-electron chi connectivity index (χ3n) is 6.23. The molecule has 0 saturated heterocycles. The van der Waals surface area contributed by atoms with Gasteiger partial charge in [0.25, 0.3) is 8.32 Å². The Hall–Kier alpha value is -3.32. The molecule has 0 radical (unpaired) electrons. The number of nitrogens with one attached hydrogen (secondary N) is 1. The van der Waals surface area contributed by atoms with Crippen LogP contribution in [-0.4, -0.2) is 25.9 Å². The van der Waals surface area contributed by atoms with Crippen LogP contribution in [0.1, 0.15) is 38.2 Å². The van der Waals surface area contributed by atoms with E-state index in [4.69, 9.17) is 13.6 Å². The average molecular weight is 463 g/mol. The normalized spacial score (nSPS) is 12.2. The van der Waals surface area contributed by atoms with Crippen molar-refractivity contribution in [2.45, 2.75) is 45.8 Å². The lowest BCUT2D eigenvalue weighted by atomic mass is 10.1. The molecule has 0 unspecified atom stereocenters. The molecule has 4 rings (SSSR count). The Morgan fingerprint density at radius 3 is 2.64 bits per heavy atom. The summed E-state index contributed by atoms with van der Waals surface area (Å²) in [5.74, 6) is 0.523. The molecule has 2 aromatic heterocycles. The molecule has 33 heavy (non-hydrogen) atoms. The molecular formula is C26H30N2O4Si. The van der Waals surface area contributed by atoms with Crippen molar-refractivity contribution < 1.29 is 18.4 Å². The van der Waals surface area contributed by atoms with Gasteiger partial charge in [-0.05, 0) is 60.8 Å². The zero-order valence-corrected chi connectivity index (χ0v) is 21.0. The van der Waals surface area contributed by atoms with Crippen LogP contribution in [0.25, 0.3) is 21.7 Å². The number of fused-ring (bicyclic) bond motifs is 2. The van der Waals surface area contributed by atoms with Crippen molar-refractivity contribution in [2.24, 2.45) is 0 Å². The predicted octanol–water partition coefficient (Wildman–Crippen LogP) is 7.29. The summed E-state index contributed by atoms with van der Waals surface area (Å²) in [7, 11) is -1.97. The second-order valence-corrected chi connectivity index (χ2v) is 14.3. The highest BCUT2D eigenvalue weighted by Crippen LogP contribution is 2.40. The first-order chi connectivity index (χ1) is 15.6. The van der Waals surface area contributed by atoms with Crippen LogP contribution < -0.4 is 9.74 Å². The SMILES string of the molecule is CCOC(=O)c1oc2cnccc2c1Nc1ccc2c(O[Si](C)(C)C(C)(C)C)cccc2c1. The van der Waals surface area contributed by atoms with E-state index in [-0.39, 0.29) is 17.4 Å². The Bertz CT molecular complexity index is 1320. The van der Waals surface area contributed by atoms with Gasteiger partial charge in [-0.1, -0.05) is 32.9 Å². The number of carbonyl (C=O) groups excluding carboxylic acids is 1. The van der Waals surface area contributed by atoms with Crippen molar-refractivity contribution in [3.63, 3.8) is 0 Å². The standard InChI is InChI=1S/C26H30N2O4Si/c1-7-30-25(29)24-23(20-13-14-27-16-22(20)31-24)28-18-11-12-19-17(15-18)9-8-10-21(19)32-33(5,6)26(2,3)4/h8-16,28H,7H2,1-6H3. The molecule has 0 aliphatic carbocycles. The molecule has 0 saturated carbocycles. The number of nitrogens with zero attached hydrogens (tertiary/aromatic N) is 1. The second-order valence-electron chi connectivity index (χ2n) is 9.58. The number of esters is 1. The quantitative estimate of drug-likeness (QED) is 0.240. The van der Waals surface area contributed by atoms with Gasteiger partial charge in [-0.15, -0.1) is 0 Å². The zero-order valence-electron chi connectivity index (χ0n) is 20.0. The maximum atomic E-state index is 12.5. The highest BCUT2D eigenvalue weighted by atomic mass is 28.4. The van der Waals surface area contributed by atoms with E-state index in [0.717, 1.165) is 27.6 Å². The number of rotatable bonds is 6. The minimum absolute atomic E-state index is 0.108. The number of aromatic nitrogens is 1. The summed E-state index contributed by atoms with van der Waals surface area (Å²) in [6, 6.07) is 14.0. The van der Waals surface area contributed by atoms with Crippen molar-refractivity contribution in [1.82, 2.24) is 4.98 Å². The fraction of sp³-hybridized carbons (Fsp3) is 0.308. The van der Waals surface area contributed by atoms with Crippen LogP contribution in [0.15, 0.2) is 59.3 Å². The van der Waals surface area contributed by atoms with Gasteiger partial charge >= 0.3 is 5.97 Å². The molecule has 2 heterocycles. The van der Waals surface area contributed by atoms with Crippen molar-refractivity contribution in [3.8, 4) is 5.75 Å². The number of ether oxygens (including phenoxy) is 1. The Morgan fingerprint density at radius 2 is 1.91 bits per heavy atom. The lowest BCUT2D eigenvalue weighted by Gasteiger charge is -2.36. The minimum Gasteiger partial charge on any atom is -0.543 e. The monoisotopic (exact) mass is 462 g/mol. The van der Waals surface area contributed by atoms with Gasteiger partial charge in [-0.3, -0.25) is 4.98 Å². The van der Waals surface area contributed by atoms with Gasteiger partial charge in [0.2, 0.25) is 5.76 Å². The summed E-state index contributed by atoms with van der Waals surface area (Å²) in [6.45, 7) is 13.2. The van der Waals surface area contributed by atoms with Gasteiger partial charge in [0.05, 0.1) is 12.8 Å². The van der Waals surface area contributed by atoms with Gasteiger partial charge < -0.3 is 18.9 Å². The molecule has 172 valence electrons. The van der Waals surface area contributed by atoms with E-state index in [2.05, 4.69) is 50.2 Å². The molecular weight excluding hydrogens is 432 g/mol. The Balaban J connectivity index is 1.72. The number of hydrogen-bond acceptors (Lipinski definition) is 6. The van der Waals surface area contributed by atoms with Crippen molar-refractivity contribution in [3.05, 3.63) is 60.6 Å². The zero-order chi connectivity index (χ0) is 23.8. The Kier molecular flexibility index (Phi) is 5.92. The topological polar surface area (TPSA) is 73.6 Å². The smallest absolute Gasteiger partial charge is 0.376 e. The highest BCUT2D eigenvalue weighted by Gasteiger charge is 2.39. The molecule has 0 aliphatic heterocycles. The first-order valence-electron chi connectivity index (χ1n) is 11.1. The van der Waals surface area contributed by atoms with Crippen LogP contribution >= 0.6 is 0 Å². The van der Waals surface area contributed by atoms with E-state index in [9.17, 15) is 4.79 Å². The molecule has 0 aliphatic rings. The maximum absolute atomic E-state index is 12.5. The lowest BCUT2D eigenvalue weighted by Crippen LogP contribution is -2.43. The Morgan fingerprint density at radius 1 is 1.12 bits per heavy atom. The molecule has 4 aromatic rings. The summed E-state index contributed by atoms with van der Waals surface area (Å²) in [5, 5.41) is 6.34. The summed E-state index contributed by atoms with van der Waals surface area (Å²) >= 11 is 0. The van der Waals surface area contributed by atoms with Crippen LogP contribution in [0.4, 0.5) is 11.4 Å². The number of pyridine rings is 1. The molecule has 7 heteroatoms. The van der Waals surface area contributed by atoms with Gasteiger partial charge in [-0.25, -0.2) is 4.79 Å². The summed E-state index contributed by atoms with van der Waals surface area (Å²) in [4.78, 5) is 16.6. The van der Waals surface area contributed by atoms with Crippen LogP contribution in [0, 0.1) is 0 Å². The van der Waals surface area contributed by atoms with E-state index >= 15 is 0 Å². The van der Waals surface area contributed by atoms with Gasteiger partial charge in [0.1, 0.15) is 11.4 Å². The average Bonchev–Trinajstić information content (AvgIpc) is 3.11. The lowest BCUT2D eigenvalue weighted by molar-refractivity contribution is 0.0494.